The lowest BCUT2D eigenvalue weighted by Crippen LogP contribution is -2.32. The number of hydrogen-bond donors (Lipinski definition) is 0. The van der Waals surface area contributed by atoms with E-state index in [1.807, 2.05) is 19.9 Å². The second-order valence-corrected chi connectivity index (χ2v) is 25.5. The van der Waals surface area contributed by atoms with E-state index in [9.17, 15) is 0 Å². The zero-order valence-electron chi connectivity index (χ0n) is 52.1. The maximum atomic E-state index is 6.33. The highest BCUT2D eigenvalue weighted by Crippen LogP contribution is 2.43. The zero-order valence-corrected chi connectivity index (χ0v) is 52.1. The molecule has 14 rings (SSSR count). The Morgan fingerprint density at radius 2 is 0.845 bits per heavy atom. The Morgan fingerprint density at radius 3 is 1.27 bits per heavy atom. The zero-order chi connectivity index (χ0) is 58.8. The average Bonchev–Trinajstić information content (AvgIpc) is 2.82. The van der Waals surface area contributed by atoms with E-state index in [0.29, 0.717) is 29.4 Å². The molecule has 0 aliphatic heterocycles. The van der Waals surface area contributed by atoms with Crippen LogP contribution in [0.3, 0.4) is 0 Å². The maximum Gasteiger partial charge on any atom is 0.227 e. The molecule has 2 saturated carbocycles. The van der Waals surface area contributed by atoms with Gasteiger partial charge in [-0.15, -0.1) is 0 Å². The summed E-state index contributed by atoms with van der Waals surface area (Å²) in [5, 5.41) is 6.67. The maximum absolute atomic E-state index is 6.33. The van der Waals surface area contributed by atoms with Crippen LogP contribution < -0.4 is 13.7 Å². The lowest BCUT2D eigenvalue weighted by molar-refractivity contribution is -0.661. The highest BCUT2D eigenvalue weighted by Gasteiger charge is 2.30. The second-order valence-electron chi connectivity index (χ2n) is 25.5. The van der Waals surface area contributed by atoms with Gasteiger partial charge in [-0.05, 0) is 174 Å². The molecule has 0 unspecified atom stereocenters. The molecule has 0 atom stereocenters. The summed E-state index contributed by atoms with van der Waals surface area (Å²) >= 11 is 0. The van der Waals surface area contributed by atoms with Crippen molar-refractivity contribution >= 4 is 66.2 Å². The van der Waals surface area contributed by atoms with Gasteiger partial charge in [0.05, 0.1) is 16.7 Å². The van der Waals surface area contributed by atoms with Gasteiger partial charge in [-0.25, -0.2) is 28.7 Å². The first-order chi connectivity index (χ1) is 40.4. The Morgan fingerprint density at radius 1 is 0.452 bits per heavy atom. The van der Waals surface area contributed by atoms with Crippen LogP contribution in [0.4, 0.5) is 0 Å². The first-order valence-electron chi connectivity index (χ1n) is 30.8. The summed E-state index contributed by atoms with van der Waals surface area (Å²) < 4.78 is 25.7. The summed E-state index contributed by atoms with van der Waals surface area (Å²) in [6, 6.07) is 32.7. The van der Waals surface area contributed by atoms with Gasteiger partial charge in [0.1, 0.15) is 21.1 Å². The lowest BCUT2D eigenvalue weighted by atomic mass is 9.91. The number of pyridine rings is 6. The van der Waals surface area contributed by atoms with Gasteiger partial charge < -0.3 is 13.3 Å². The number of furan rings is 3. The monoisotopic (exact) mass is 1120 g/mol. The summed E-state index contributed by atoms with van der Waals surface area (Å²) in [4.78, 5) is 13.7. The van der Waals surface area contributed by atoms with Crippen molar-refractivity contribution < 1.29 is 27.0 Å². The van der Waals surface area contributed by atoms with E-state index < -0.39 is 0 Å². The molecule has 0 radical (unpaired) electrons. The summed E-state index contributed by atoms with van der Waals surface area (Å²) in [6.45, 7) is 24.1. The average molecular weight is 1120 g/mol. The van der Waals surface area contributed by atoms with Gasteiger partial charge in [0.25, 0.3) is 0 Å². The van der Waals surface area contributed by atoms with E-state index in [2.05, 4.69) is 216 Å². The first-order valence-corrected chi connectivity index (χ1v) is 30.8. The molecule has 0 saturated heterocycles. The Hall–Kier alpha value is -8.04. The third-order valence-corrected chi connectivity index (χ3v) is 18.4. The standard InChI is InChI=1S/C26H31N2O.C25H27N2O.C24H25N2O/c1-15(2)12-19-13-23(28(7)14-22(19)16(3)4)24-17(5)8-10-20-21-11-9-18(6)27-26(21)29-25(20)24;1-15-9-11-19-20-12-10-17(3)26-25(20)28-24(19)23(15)22-13-21(16(2)14-27(22)4)18-7-5-6-8-18;1-15-10-11-18-19-9-6-12-25-24(19)27-23(18)22(15)21-13-20(16(2)14-26(21)3)17-7-4-5-8-17/h8-11,13-16H,12H2,1-7H3;9-14,18H,5-8H2,1-4H3;6,9-14,17H,4-5,7-8H2,1-3H3/q3*+1. The Labute approximate surface area is 495 Å². The quantitative estimate of drug-likeness (QED) is 0.141. The fourth-order valence-corrected chi connectivity index (χ4v) is 14.1. The van der Waals surface area contributed by atoms with Gasteiger partial charge in [-0.2, -0.15) is 0 Å². The fraction of sp³-hybridized carbons (Fsp3) is 0.360. The van der Waals surface area contributed by atoms with Crippen LogP contribution in [0.1, 0.15) is 158 Å². The van der Waals surface area contributed by atoms with E-state index >= 15 is 0 Å². The SMILES string of the molecule is Cc1c[n+](C)c(-c2c(C)ccc3c2oc2ncccc23)cc1C1CCCC1.Cc1ccc2c(n1)oc1c(-c3cc(C4CCCC4)c(C)c[n+]3C)c(C)ccc12.Cc1ccc2c(n1)oc1c(-c3cc(CC(C)C)c(C(C)C)c[n+]3C)c(C)ccc12. The lowest BCUT2D eigenvalue weighted by Gasteiger charge is -2.15. The predicted molar refractivity (Wildman–Crippen MR) is 343 cm³/mol. The molecule has 12 aromatic rings. The van der Waals surface area contributed by atoms with Crippen molar-refractivity contribution in [3.05, 3.63) is 177 Å². The molecule has 0 N–H and O–H groups in total. The van der Waals surface area contributed by atoms with Crippen molar-refractivity contribution in [2.24, 2.45) is 27.1 Å². The normalized spacial score (nSPS) is 14.1. The first kappa shape index (κ1) is 56.4. The van der Waals surface area contributed by atoms with E-state index in [-0.39, 0.29) is 0 Å². The van der Waals surface area contributed by atoms with Gasteiger partial charge in [-0.1, -0.05) is 89.8 Å². The van der Waals surface area contributed by atoms with Crippen molar-refractivity contribution in [1.29, 1.82) is 0 Å². The Balaban J connectivity index is 0.000000124. The number of benzene rings is 3. The van der Waals surface area contributed by atoms with Crippen molar-refractivity contribution in [3.63, 3.8) is 0 Å². The summed E-state index contributed by atoms with van der Waals surface area (Å²) in [7, 11) is 6.42. The Kier molecular flexibility index (Phi) is 15.4. The highest BCUT2D eigenvalue weighted by molar-refractivity contribution is 6.11. The van der Waals surface area contributed by atoms with E-state index in [1.165, 1.54) is 135 Å². The van der Waals surface area contributed by atoms with Gasteiger partial charge in [0.2, 0.25) is 34.2 Å². The van der Waals surface area contributed by atoms with Crippen LogP contribution in [0.2, 0.25) is 0 Å². The molecule has 9 heterocycles. The summed E-state index contributed by atoms with van der Waals surface area (Å²) in [5.41, 5.74) is 26.5. The number of nitrogens with zero attached hydrogens (tertiary/aromatic N) is 6. The van der Waals surface area contributed by atoms with Crippen molar-refractivity contribution in [2.75, 3.05) is 0 Å². The van der Waals surface area contributed by atoms with Crippen molar-refractivity contribution in [2.45, 2.75) is 152 Å². The van der Waals surface area contributed by atoms with Crippen LogP contribution in [0, 0.1) is 54.4 Å². The predicted octanol–water partition coefficient (Wildman–Crippen LogP) is 18.2. The molecule has 2 fully saturated rings. The largest absolute Gasteiger partial charge is 0.437 e. The van der Waals surface area contributed by atoms with Crippen LogP contribution in [0.25, 0.3) is 100.0 Å². The number of rotatable bonds is 8. The molecule has 0 bridgehead atoms. The molecule has 428 valence electrons. The number of fused-ring (bicyclic) bond motifs is 9. The minimum absolute atomic E-state index is 0.499. The molecule has 84 heavy (non-hydrogen) atoms. The molecule has 9 nitrogen and oxygen atoms in total. The topological polar surface area (TPSA) is 89.7 Å². The van der Waals surface area contributed by atoms with Crippen LogP contribution in [0.5, 0.6) is 0 Å². The van der Waals surface area contributed by atoms with Crippen molar-refractivity contribution in [3.8, 4) is 33.8 Å². The fourth-order valence-electron chi connectivity index (χ4n) is 14.1. The van der Waals surface area contributed by atoms with E-state index in [1.54, 1.807) is 6.20 Å². The molecular weight excluding hydrogens is 1030 g/mol. The molecule has 2 aliphatic carbocycles. The minimum atomic E-state index is 0.499. The molecule has 9 heteroatoms. The van der Waals surface area contributed by atoms with Gasteiger partial charge in [-0.3, -0.25) is 0 Å². The summed E-state index contributed by atoms with van der Waals surface area (Å²) in [6.07, 6.45) is 20.4. The smallest absolute Gasteiger partial charge is 0.227 e. The number of hydrogen-bond acceptors (Lipinski definition) is 6. The molecule has 0 spiro atoms. The summed E-state index contributed by atoms with van der Waals surface area (Å²) in [5.74, 6) is 2.50. The second kappa shape index (κ2) is 22.8. The molecule has 3 aromatic carbocycles. The van der Waals surface area contributed by atoms with Crippen LogP contribution in [0.15, 0.2) is 129 Å². The number of aromatic nitrogens is 6. The molecular formula is C75H83N6O3+3. The molecule has 0 amide bonds. The van der Waals surface area contributed by atoms with E-state index in [0.717, 1.165) is 78.3 Å². The third kappa shape index (κ3) is 10.5. The van der Waals surface area contributed by atoms with Gasteiger partial charge in [0.15, 0.2) is 35.3 Å². The molecule has 9 aromatic heterocycles. The van der Waals surface area contributed by atoms with E-state index in [4.69, 9.17) is 13.3 Å². The Bertz CT molecular complexity index is 4500. The minimum Gasteiger partial charge on any atom is -0.437 e. The van der Waals surface area contributed by atoms with Crippen molar-refractivity contribution in [1.82, 2.24) is 15.0 Å². The van der Waals surface area contributed by atoms with Gasteiger partial charge >= 0.3 is 0 Å². The van der Waals surface area contributed by atoms with Gasteiger partial charge in [0, 0.05) is 84.8 Å². The van der Waals surface area contributed by atoms with Crippen LogP contribution >= 0.6 is 0 Å². The third-order valence-electron chi connectivity index (χ3n) is 18.4. The highest BCUT2D eigenvalue weighted by atomic mass is 16.3. The number of aryl methyl sites for hydroxylation is 10. The molecule has 2 aliphatic rings. The van der Waals surface area contributed by atoms with Crippen LogP contribution in [-0.4, -0.2) is 15.0 Å². The van der Waals surface area contributed by atoms with Crippen LogP contribution in [-0.2, 0) is 27.6 Å².